The third-order valence-electron chi connectivity index (χ3n) is 5.97. The second kappa shape index (κ2) is 8.90. The van der Waals surface area contributed by atoms with Gasteiger partial charge in [-0.3, -0.25) is 9.59 Å². The van der Waals surface area contributed by atoms with Crippen molar-refractivity contribution in [2.75, 3.05) is 24.5 Å². The molecular formula is C22H23ClN6O2. The minimum atomic E-state index is -0.823. The molecule has 0 spiro atoms. The molecule has 2 fully saturated rings. The molecule has 1 saturated carbocycles. The van der Waals surface area contributed by atoms with Crippen LogP contribution in [0.1, 0.15) is 41.6 Å². The summed E-state index contributed by atoms with van der Waals surface area (Å²) in [5, 5.41) is 15.7. The predicted octanol–water partition coefficient (Wildman–Crippen LogP) is 2.30. The highest BCUT2D eigenvalue weighted by Crippen LogP contribution is 2.36. The first-order valence-electron chi connectivity index (χ1n) is 10.3. The minimum Gasteiger partial charge on any atom is -0.370 e. The largest absolute Gasteiger partial charge is 0.370 e. The molecule has 0 radical (unpaired) electrons. The van der Waals surface area contributed by atoms with E-state index in [0.717, 1.165) is 31.6 Å². The van der Waals surface area contributed by atoms with E-state index in [1.807, 2.05) is 12.1 Å². The lowest BCUT2D eigenvalue weighted by atomic mass is 9.95. The fraction of sp³-hybridized carbons (Fsp3) is 0.409. The quantitative estimate of drug-likeness (QED) is 0.715. The highest BCUT2D eigenvalue weighted by Gasteiger charge is 2.51. The standard InChI is InChI=1S/C22H23ClN6O2/c23-18-2-1-3-19(17(18)10-24)29-8-4-15(5-9-29)11-27-21(31)22(6-7-22)28-20(30)16-12-25-14-26-13-16/h1-3,12-15H,4-9,11H2,(H,27,31)(H,28,30). The van der Waals surface area contributed by atoms with E-state index in [-0.39, 0.29) is 11.8 Å². The molecular weight excluding hydrogens is 416 g/mol. The molecule has 0 unspecified atom stereocenters. The van der Waals surface area contributed by atoms with Crippen molar-refractivity contribution >= 4 is 29.1 Å². The van der Waals surface area contributed by atoms with E-state index < -0.39 is 5.54 Å². The summed E-state index contributed by atoms with van der Waals surface area (Å²) < 4.78 is 0. The van der Waals surface area contributed by atoms with Crippen LogP contribution in [-0.2, 0) is 4.79 Å². The zero-order chi connectivity index (χ0) is 21.8. The van der Waals surface area contributed by atoms with E-state index in [2.05, 4.69) is 31.6 Å². The fourth-order valence-electron chi connectivity index (χ4n) is 3.91. The second-order valence-electron chi connectivity index (χ2n) is 8.05. The first kappa shape index (κ1) is 21.1. The van der Waals surface area contributed by atoms with Crippen molar-refractivity contribution in [3.63, 3.8) is 0 Å². The molecule has 0 atom stereocenters. The van der Waals surface area contributed by atoms with Crippen LogP contribution in [0.15, 0.2) is 36.9 Å². The van der Waals surface area contributed by atoms with Crippen LogP contribution in [0.4, 0.5) is 5.69 Å². The number of amides is 2. The Hall–Kier alpha value is -3.18. The number of nitrogens with one attached hydrogen (secondary N) is 2. The molecule has 2 amide bonds. The van der Waals surface area contributed by atoms with Gasteiger partial charge in [-0.1, -0.05) is 17.7 Å². The van der Waals surface area contributed by atoms with Crippen molar-refractivity contribution in [2.45, 2.75) is 31.2 Å². The molecule has 1 aromatic heterocycles. The number of carbonyl (C=O) groups is 2. The molecule has 1 aliphatic heterocycles. The lowest BCUT2D eigenvalue weighted by Crippen LogP contribution is -2.50. The highest BCUT2D eigenvalue weighted by atomic mass is 35.5. The Morgan fingerprint density at radius 1 is 1.23 bits per heavy atom. The molecule has 2 N–H and O–H groups in total. The lowest BCUT2D eigenvalue weighted by molar-refractivity contribution is -0.124. The van der Waals surface area contributed by atoms with Gasteiger partial charge < -0.3 is 15.5 Å². The molecule has 160 valence electrons. The van der Waals surface area contributed by atoms with Crippen LogP contribution in [-0.4, -0.2) is 47.0 Å². The van der Waals surface area contributed by atoms with Gasteiger partial charge in [-0.25, -0.2) is 9.97 Å². The molecule has 8 nitrogen and oxygen atoms in total. The summed E-state index contributed by atoms with van der Waals surface area (Å²) >= 11 is 6.15. The van der Waals surface area contributed by atoms with Crippen molar-refractivity contribution in [3.05, 3.63) is 53.1 Å². The number of piperidine rings is 1. The highest BCUT2D eigenvalue weighted by molar-refractivity contribution is 6.32. The van der Waals surface area contributed by atoms with E-state index in [1.165, 1.54) is 18.7 Å². The maximum Gasteiger partial charge on any atom is 0.255 e. The summed E-state index contributed by atoms with van der Waals surface area (Å²) in [7, 11) is 0. The molecule has 1 aliphatic carbocycles. The SMILES string of the molecule is N#Cc1c(Cl)cccc1N1CCC(CNC(=O)C2(NC(=O)c3cncnc3)CC2)CC1. The van der Waals surface area contributed by atoms with Crippen LogP contribution < -0.4 is 15.5 Å². The van der Waals surface area contributed by atoms with Crippen LogP contribution >= 0.6 is 11.6 Å². The third-order valence-corrected chi connectivity index (χ3v) is 6.29. The van der Waals surface area contributed by atoms with E-state index in [1.54, 1.807) is 6.07 Å². The number of hydrogen-bond acceptors (Lipinski definition) is 6. The molecule has 9 heteroatoms. The van der Waals surface area contributed by atoms with Crippen LogP contribution in [0, 0.1) is 17.2 Å². The zero-order valence-corrected chi connectivity index (χ0v) is 17.7. The molecule has 4 rings (SSSR count). The van der Waals surface area contributed by atoms with Crippen LogP contribution in [0.5, 0.6) is 0 Å². The minimum absolute atomic E-state index is 0.137. The van der Waals surface area contributed by atoms with Gasteiger partial charge in [-0.05, 0) is 43.7 Å². The Balaban J connectivity index is 1.27. The lowest BCUT2D eigenvalue weighted by Gasteiger charge is -2.34. The molecule has 2 aromatic rings. The average molecular weight is 439 g/mol. The summed E-state index contributed by atoms with van der Waals surface area (Å²) in [5.74, 6) is -0.128. The molecule has 2 heterocycles. The Bertz CT molecular complexity index is 1010. The van der Waals surface area contributed by atoms with Crippen LogP contribution in [0.25, 0.3) is 0 Å². The maximum absolute atomic E-state index is 12.7. The number of nitrogens with zero attached hydrogens (tertiary/aromatic N) is 4. The third kappa shape index (κ3) is 4.62. The van der Waals surface area contributed by atoms with Crippen LogP contribution in [0.3, 0.4) is 0 Å². The predicted molar refractivity (Wildman–Crippen MR) is 116 cm³/mol. The first-order chi connectivity index (χ1) is 15.0. The Morgan fingerprint density at radius 2 is 1.94 bits per heavy atom. The number of hydrogen-bond donors (Lipinski definition) is 2. The number of rotatable bonds is 6. The van der Waals surface area contributed by atoms with Crippen molar-refractivity contribution in [2.24, 2.45) is 5.92 Å². The van der Waals surface area contributed by atoms with Gasteiger partial charge in [0.05, 0.1) is 21.8 Å². The molecule has 0 bridgehead atoms. The van der Waals surface area contributed by atoms with Gasteiger partial charge in [0.1, 0.15) is 17.9 Å². The Kier molecular flexibility index (Phi) is 6.05. The monoisotopic (exact) mass is 438 g/mol. The first-order valence-corrected chi connectivity index (χ1v) is 10.7. The summed E-state index contributed by atoms with van der Waals surface area (Å²) in [6, 6.07) is 7.69. The van der Waals surface area contributed by atoms with Crippen molar-refractivity contribution < 1.29 is 9.59 Å². The topological polar surface area (TPSA) is 111 Å². The van der Waals surface area contributed by atoms with E-state index in [9.17, 15) is 14.9 Å². The summed E-state index contributed by atoms with van der Waals surface area (Å²) in [6.45, 7) is 2.16. The summed E-state index contributed by atoms with van der Waals surface area (Å²) in [4.78, 5) is 34.9. The normalized spacial score (nSPS) is 17.5. The molecule has 31 heavy (non-hydrogen) atoms. The smallest absolute Gasteiger partial charge is 0.255 e. The van der Waals surface area contributed by atoms with Crippen molar-refractivity contribution in [1.82, 2.24) is 20.6 Å². The number of aromatic nitrogens is 2. The Morgan fingerprint density at radius 3 is 2.58 bits per heavy atom. The van der Waals surface area contributed by atoms with E-state index >= 15 is 0 Å². The Labute approximate surface area is 185 Å². The van der Waals surface area contributed by atoms with Crippen molar-refractivity contribution in [1.29, 1.82) is 5.26 Å². The van der Waals surface area contributed by atoms with Crippen molar-refractivity contribution in [3.8, 4) is 6.07 Å². The molecule has 1 aromatic carbocycles. The average Bonchev–Trinajstić information content (AvgIpc) is 3.59. The summed E-state index contributed by atoms with van der Waals surface area (Å²) in [6.07, 6.45) is 7.28. The zero-order valence-electron chi connectivity index (χ0n) is 17.0. The van der Waals surface area contributed by atoms with Crippen LogP contribution in [0.2, 0.25) is 5.02 Å². The van der Waals surface area contributed by atoms with Gasteiger partial charge >= 0.3 is 0 Å². The number of anilines is 1. The van der Waals surface area contributed by atoms with Gasteiger partial charge in [-0.2, -0.15) is 5.26 Å². The number of nitriles is 1. The number of benzene rings is 1. The molecule has 1 saturated heterocycles. The maximum atomic E-state index is 12.7. The molecule has 2 aliphatic rings. The van der Waals surface area contributed by atoms with E-state index in [0.29, 0.717) is 41.5 Å². The number of halogens is 1. The van der Waals surface area contributed by atoms with Gasteiger partial charge in [0.15, 0.2) is 0 Å². The number of carbonyl (C=O) groups excluding carboxylic acids is 2. The van der Waals surface area contributed by atoms with Gasteiger partial charge in [-0.15, -0.1) is 0 Å². The fourth-order valence-corrected chi connectivity index (χ4v) is 4.12. The van der Waals surface area contributed by atoms with Gasteiger partial charge in [0, 0.05) is 32.0 Å². The van der Waals surface area contributed by atoms with E-state index in [4.69, 9.17) is 11.6 Å². The van der Waals surface area contributed by atoms with Gasteiger partial charge in [0.2, 0.25) is 5.91 Å². The van der Waals surface area contributed by atoms with Gasteiger partial charge in [0.25, 0.3) is 5.91 Å². The summed E-state index contributed by atoms with van der Waals surface area (Å²) in [5.41, 5.74) is 0.885. The second-order valence-corrected chi connectivity index (χ2v) is 8.46.